The molecule has 2 aliphatic rings. The Morgan fingerprint density at radius 2 is 2.24 bits per heavy atom. The van der Waals surface area contributed by atoms with Crippen molar-refractivity contribution in [3.63, 3.8) is 0 Å². The maximum atomic E-state index is 12.2. The maximum Gasteiger partial charge on any atom is 0.244 e. The Labute approximate surface area is 102 Å². The number of nitrogens with zero attached hydrogens (tertiary/aromatic N) is 1. The molecule has 1 saturated carbocycles. The van der Waals surface area contributed by atoms with Crippen molar-refractivity contribution in [2.24, 2.45) is 11.1 Å². The zero-order valence-corrected chi connectivity index (χ0v) is 10.5. The summed E-state index contributed by atoms with van der Waals surface area (Å²) in [4.78, 5) is 25.6. The van der Waals surface area contributed by atoms with Gasteiger partial charge in [0.15, 0.2) is 0 Å². The number of likely N-dealkylation sites (tertiary alicyclic amines) is 1. The molecule has 0 aromatic rings. The third-order valence-electron chi connectivity index (χ3n) is 4.28. The number of likely N-dealkylation sites (N-methyl/N-ethyl adjacent to an activating group) is 1. The van der Waals surface area contributed by atoms with E-state index in [1.54, 1.807) is 11.9 Å². The molecule has 1 aliphatic carbocycles. The summed E-state index contributed by atoms with van der Waals surface area (Å²) in [7, 11) is 1.76. The smallest absolute Gasteiger partial charge is 0.244 e. The monoisotopic (exact) mass is 239 g/mol. The normalized spacial score (nSPS) is 37.6. The van der Waals surface area contributed by atoms with Crippen LogP contribution in [0.3, 0.4) is 0 Å². The van der Waals surface area contributed by atoms with Gasteiger partial charge in [0.1, 0.15) is 6.04 Å². The summed E-state index contributed by atoms with van der Waals surface area (Å²) in [6.45, 7) is 2.62. The number of hydrogen-bond donors (Lipinski definition) is 2. The van der Waals surface area contributed by atoms with Crippen molar-refractivity contribution in [2.75, 3.05) is 13.6 Å². The van der Waals surface area contributed by atoms with E-state index in [0.29, 0.717) is 13.0 Å². The summed E-state index contributed by atoms with van der Waals surface area (Å²) in [6, 6.07) is -0.436. The molecule has 0 radical (unpaired) electrons. The molecule has 1 aliphatic heterocycles. The topological polar surface area (TPSA) is 75.4 Å². The second-order valence-corrected chi connectivity index (χ2v) is 5.49. The molecule has 3 N–H and O–H groups in total. The quantitative estimate of drug-likeness (QED) is 0.703. The highest BCUT2D eigenvalue weighted by Crippen LogP contribution is 2.37. The molecular weight excluding hydrogens is 218 g/mol. The van der Waals surface area contributed by atoms with Gasteiger partial charge in [0.2, 0.25) is 11.8 Å². The van der Waals surface area contributed by atoms with E-state index in [-0.39, 0.29) is 23.9 Å². The van der Waals surface area contributed by atoms with Crippen LogP contribution in [-0.2, 0) is 9.59 Å². The van der Waals surface area contributed by atoms with Crippen LogP contribution in [0.2, 0.25) is 0 Å². The van der Waals surface area contributed by atoms with Gasteiger partial charge in [-0.05, 0) is 26.2 Å². The number of hydrogen-bond acceptors (Lipinski definition) is 3. The molecule has 96 valence electrons. The van der Waals surface area contributed by atoms with Crippen LogP contribution in [0.5, 0.6) is 0 Å². The highest BCUT2D eigenvalue weighted by Gasteiger charge is 2.44. The second-order valence-electron chi connectivity index (χ2n) is 5.49. The predicted octanol–water partition coefficient (Wildman–Crippen LogP) is -0.149. The average molecular weight is 239 g/mol. The lowest BCUT2D eigenvalue weighted by atomic mass is 9.84. The molecule has 5 heteroatoms. The highest BCUT2D eigenvalue weighted by atomic mass is 16.2. The zero-order valence-electron chi connectivity index (χ0n) is 10.5. The van der Waals surface area contributed by atoms with Gasteiger partial charge in [0.25, 0.3) is 0 Å². The van der Waals surface area contributed by atoms with Gasteiger partial charge in [-0.25, -0.2) is 0 Å². The Bertz CT molecular complexity index is 345. The van der Waals surface area contributed by atoms with E-state index in [2.05, 4.69) is 5.32 Å². The fraction of sp³-hybridized carbons (Fsp3) is 0.833. The van der Waals surface area contributed by atoms with Crippen LogP contribution < -0.4 is 11.1 Å². The lowest BCUT2D eigenvalue weighted by Crippen LogP contribution is -2.51. The third kappa shape index (κ3) is 2.04. The molecular formula is C12H21N3O2. The van der Waals surface area contributed by atoms with Crippen molar-refractivity contribution in [1.29, 1.82) is 0 Å². The van der Waals surface area contributed by atoms with Crippen molar-refractivity contribution < 1.29 is 9.59 Å². The van der Waals surface area contributed by atoms with Gasteiger partial charge in [-0.2, -0.15) is 0 Å². The summed E-state index contributed by atoms with van der Waals surface area (Å²) >= 11 is 0. The molecule has 3 atom stereocenters. The molecule has 1 saturated heterocycles. The van der Waals surface area contributed by atoms with Crippen LogP contribution >= 0.6 is 0 Å². The van der Waals surface area contributed by atoms with E-state index >= 15 is 0 Å². The van der Waals surface area contributed by atoms with Gasteiger partial charge in [-0.15, -0.1) is 0 Å². The van der Waals surface area contributed by atoms with Crippen LogP contribution in [0, 0.1) is 5.41 Å². The summed E-state index contributed by atoms with van der Waals surface area (Å²) in [5.41, 5.74) is 5.50. The standard InChI is InChI=1S/C12H21N3O2/c1-12(6-3-4-9(12)13)11(17)14-8-5-7-15(2)10(8)16/h8-9H,3-7,13H2,1-2H3,(H,14,17). The van der Waals surface area contributed by atoms with Gasteiger partial charge in [0, 0.05) is 19.6 Å². The van der Waals surface area contributed by atoms with E-state index in [1.807, 2.05) is 6.92 Å². The third-order valence-corrected chi connectivity index (χ3v) is 4.28. The number of rotatable bonds is 2. The fourth-order valence-corrected chi connectivity index (χ4v) is 2.75. The predicted molar refractivity (Wildman–Crippen MR) is 64.1 cm³/mol. The van der Waals surface area contributed by atoms with Crippen molar-refractivity contribution in [1.82, 2.24) is 10.2 Å². The van der Waals surface area contributed by atoms with E-state index < -0.39 is 5.41 Å². The first-order valence-corrected chi connectivity index (χ1v) is 6.26. The Hall–Kier alpha value is -1.10. The lowest BCUT2D eigenvalue weighted by molar-refractivity contribution is -0.136. The van der Waals surface area contributed by atoms with Crippen LogP contribution in [-0.4, -0.2) is 42.4 Å². The minimum Gasteiger partial charge on any atom is -0.344 e. The fourth-order valence-electron chi connectivity index (χ4n) is 2.75. The number of amides is 2. The second kappa shape index (κ2) is 4.29. The van der Waals surface area contributed by atoms with Gasteiger partial charge >= 0.3 is 0 Å². The van der Waals surface area contributed by atoms with Crippen LogP contribution in [0.4, 0.5) is 0 Å². The molecule has 1 heterocycles. The van der Waals surface area contributed by atoms with Gasteiger partial charge in [0.05, 0.1) is 5.41 Å². The largest absolute Gasteiger partial charge is 0.344 e. The van der Waals surface area contributed by atoms with Gasteiger partial charge in [-0.3, -0.25) is 9.59 Å². The summed E-state index contributed by atoms with van der Waals surface area (Å²) in [5, 5.41) is 2.86. The number of nitrogens with two attached hydrogens (primary N) is 1. The summed E-state index contributed by atoms with van der Waals surface area (Å²) in [5.74, 6) is -0.0512. The van der Waals surface area contributed by atoms with E-state index in [4.69, 9.17) is 5.73 Å². The Balaban J connectivity index is 2.00. The molecule has 0 aromatic heterocycles. The minimum atomic E-state index is -0.499. The molecule has 2 amide bonds. The Morgan fingerprint density at radius 3 is 2.71 bits per heavy atom. The molecule has 0 bridgehead atoms. The first-order chi connectivity index (χ1) is 7.95. The minimum absolute atomic E-state index is 0.00789. The number of nitrogens with one attached hydrogen (secondary N) is 1. The first-order valence-electron chi connectivity index (χ1n) is 6.26. The molecule has 5 nitrogen and oxygen atoms in total. The summed E-state index contributed by atoms with van der Waals surface area (Å²) < 4.78 is 0. The van der Waals surface area contributed by atoms with Gasteiger partial charge in [-0.1, -0.05) is 6.42 Å². The molecule has 2 rings (SSSR count). The number of carbonyl (C=O) groups excluding carboxylic acids is 2. The summed E-state index contributed by atoms with van der Waals surface area (Å²) in [6.07, 6.45) is 3.40. The average Bonchev–Trinajstić information content (AvgIpc) is 2.78. The van der Waals surface area contributed by atoms with Crippen LogP contribution in [0.25, 0.3) is 0 Å². The van der Waals surface area contributed by atoms with Gasteiger partial charge < -0.3 is 16.0 Å². The van der Waals surface area contributed by atoms with E-state index in [9.17, 15) is 9.59 Å². The molecule has 0 spiro atoms. The van der Waals surface area contributed by atoms with Crippen LogP contribution in [0.1, 0.15) is 32.6 Å². The Morgan fingerprint density at radius 1 is 1.53 bits per heavy atom. The van der Waals surface area contributed by atoms with Crippen molar-refractivity contribution >= 4 is 11.8 Å². The Kier molecular flexibility index (Phi) is 3.12. The zero-order chi connectivity index (χ0) is 12.6. The van der Waals surface area contributed by atoms with E-state index in [1.165, 1.54) is 0 Å². The molecule has 3 unspecified atom stereocenters. The van der Waals surface area contributed by atoms with Crippen molar-refractivity contribution in [3.05, 3.63) is 0 Å². The van der Waals surface area contributed by atoms with Crippen molar-refractivity contribution in [2.45, 2.75) is 44.7 Å². The van der Waals surface area contributed by atoms with Crippen molar-refractivity contribution in [3.8, 4) is 0 Å². The lowest BCUT2D eigenvalue weighted by Gasteiger charge is -2.28. The first kappa shape index (κ1) is 12.4. The molecule has 17 heavy (non-hydrogen) atoms. The maximum absolute atomic E-state index is 12.2. The SMILES string of the molecule is CN1CCC(NC(=O)C2(C)CCCC2N)C1=O. The van der Waals surface area contributed by atoms with E-state index in [0.717, 1.165) is 19.3 Å². The van der Waals surface area contributed by atoms with Crippen LogP contribution in [0.15, 0.2) is 0 Å². The molecule has 2 fully saturated rings. The number of carbonyl (C=O) groups is 2. The highest BCUT2D eigenvalue weighted by molar-refractivity contribution is 5.91. The molecule has 0 aromatic carbocycles.